The maximum absolute atomic E-state index is 11.4. The summed E-state index contributed by atoms with van der Waals surface area (Å²) in [6, 6.07) is 7.81. The van der Waals surface area contributed by atoms with Gasteiger partial charge in [-0.25, -0.2) is 4.98 Å². The van der Waals surface area contributed by atoms with Crippen LogP contribution in [0.1, 0.15) is 20.3 Å². The summed E-state index contributed by atoms with van der Waals surface area (Å²) in [4.78, 5) is 15.7. The van der Waals surface area contributed by atoms with E-state index in [1.807, 2.05) is 49.7 Å². The fourth-order valence-electron chi connectivity index (χ4n) is 1.90. The van der Waals surface area contributed by atoms with E-state index < -0.39 is 0 Å². The van der Waals surface area contributed by atoms with Gasteiger partial charge in [-0.1, -0.05) is 6.92 Å². The van der Waals surface area contributed by atoms with E-state index in [1.165, 1.54) is 0 Å². The molecule has 0 saturated carbocycles. The first-order valence-electron chi connectivity index (χ1n) is 6.70. The number of imidazole rings is 1. The van der Waals surface area contributed by atoms with Crippen LogP contribution in [0.25, 0.3) is 11.3 Å². The predicted octanol–water partition coefficient (Wildman–Crippen LogP) is 2.83. The Morgan fingerprint density at radius 1 is 1.30 bits per heavy atom. The number of nitrogens with zero attached hydrogens (tertiary/aromatic N) is 2. The Morgan fingerprint density at radius 2 is 2.00 bits per heavy atom. The molecule has 0 radical (unpaired) electrons. The number of hydrogen-bond donors (Lipinski definition) is 1. The summed E-state index contributed by atoms with van der Waals surface area (Å²) in [5, 5.41) is 2.77. The van der Waals surface area contributed by atoms with Gasteiger partial charge in [0.25, 0.3) is 0 Å². The van der Waals surface area contributed by atoms with E-state index in [9.17, 15) is 4.79 Å². The summed E-state index contributed by atoms with van der Waals surface area (Å²) in [5.41, 5.74) is 1.97. The summed E-state index contributed by atoms with van der Waals surface area (Å²) < 4.78 is 7.28. The van der Waals surface area contributed by atoms with Gasteiger partial charge in [-0.05, 0) is 31.2 Å². The van der Waals surface area contributed by atoms with Gasteiger partial charge in [0.1, 0.15) is 5.75 Å². The molecule has 1 aromatic carbocycles. The molecule has 0 aliphatic rings. The maximum atomic E-state index is 11.4. The summed E-state index contributed by atoms with van der Waals surface area (Å²) in [6.45, 7) is 4.42. The zero-order valence-corrected chi connectivity index (χ0v) is 12.0. The number of amides is 1. The van der Waals surface area contributed by atoms with Gasteiger partial charge < -0.3 is 9.30 Å². The van der Waals surface area contributed by atoms with Gasteiger partial charge in [0.15, 0.2) is 0 Å². The zero-order chi connectivity index (χ0) is 14.5. The number of anilines is 1. The second-order valence-electron chi connectivity index (χ2n) is 4.39. The van der Waals surface area contributed by atoms with E-state index in [0.717, 1.165) is 17.0 Å². The fourth-order valence-corrected chi connectivity index (χ4v) is 1.90. The molecule has 0 saturated heterocycles. The van der Waals surface area contributed by atoms with Gasteiger partial charge in [0, 0.05) is 19.0 Å². The van der Waals surface area contributed by atoms with E-state index in [0.29, 0.717) is 19.0 Å². The van der Waals surface area contributed by atoms with Crippen LogP contribution in [0.15, 0.2) is 30.5 Å². The summed E-state index contributed by atoms with van der Waals surface area (Å²) in [5.74, 6) is 1.36. The monoisotopic (exact) mass is 273 g/mol. The number of ether oxygens (including phenoxy) is 1. The lowest BCUT2D eigenvalue weighted by Crippen LogP contribution is -2.13. The first kappa shape index (κ1) is 14.1. The second kappa shape index (κ2) is 6.23. The molecule has 106 valence electrons. The van der Waals surface area contributed by atoms with Gasteiger partial charge in [-0.2, -0.15) is 0 Å². The number of hydrogen-bond acceptors (Lipinski definition) is 3. The van der Waals surface area contributed by atoms with Crippen LogP contribution in [-0.4, -0.2) is 22.1 Å². The van der Waals surface area contributed by atoms with Crippen molar-refractivity contribution >= 4 is 11.9 Å². The van der Waals surface area contributed by atoms with Crippen molar-refractivity contribution in [2.45, 2.75) is 20.3 Å². The minimum atomic E-state index is -0.0445. The van der Waals surface area contributed by atoms with Crippen LogP contribution in [0.5, 0.6) is 5.75 Å². The predicted molar refractivity (Wildman–Crippen MR) is 78.7 cm³/mol. The minimum Gasteiger partial charge on any atom is -0.494 e. The van der Waals surface area contributed by atoms with Crippen molar-refractivity contribution in [3.63, 3.8) is 0 Å². The molecule has 0 atom stereocenters. The van der Waals surface area contributed by atoms with Crippen molar-refractivity contribution in [3.05, 3.63) is 30.5 Å². The molecule has 5 heteroatoms. The summed E-state index contributed by atoms with van der Waals surface area (Å²) in [6.07, 6.45) is 2.19. The number of rotatable bonds is 5. The van der Waals surface area contributed by atoms with Crippen LogP contribution in [0.2, 0.25) is 0 Å². The van der Waals surface area contributed by atoms with Crippen LogP contribution < -0.4 is 10.1 Å². The smallest absolute Gasteiger partial charge is 0.226 e. The summed E-state index contributed by atoms with van der Waals surface area (Å²) in [7, 11) is 1.88. The number of benzene rings is 1. The molecule has 0 aliphatic carbocycles. The molecule has 1 amide bonds. The lowest BCUT2D eigenvalue weighted by Gasteiger charge is -2.08. The third-order valence-electron chi connectivity index (χ3n) is 3.02. The molecule has 0 aliphatic heterocycles. The molecule has 0 unspecified atom stereocenters. The van der Waals surface area contributed by atoms with Crippen molar-refractivity contribution in [3.8, 4) is 17.0 Å². The topological polar surface area (TPSA) is 56.1 Å². The fraction of sp³-hybridized carbons (Fsp3) is 0.333. The molecule has 2 aromatic rings. The highest BCUT2D eigenvalue weighted by atomic mass is 16.5. The molecule has 5 nitrogen and oxygen atoms in total. The van der Waals surface area contributed by atoms with E-state index in [1.54, 1.807) is 6.20 Å². The highest BCUT2D eigenvalue weighted by molar-refractivity contribution is 5.89. The Bertz CT molecular complexity index is 588. The number of aromatic nitrogens is 2. The summed E-state index contributed by atoms with van der Waals surface area (Å²) >= 11 is 0. The third-order valence-corrected chi connectivity index (χ3v) is 3.02. The molecule has 0 bridgehead atoms. The molecule has 1 heterocycles. The van der Waals surface area contributed by atoms with Gasteiger partial charge in [0.2, 0.25) is 11.9 Å². The zero-order valence-electron chi connectivity index (χ0n) is 12.0. The average Bonchev–Trinajstić information content (AvgIpc) is 2.81. The number of nitrogens with one attached hydrogen (secondary N) is 1. The van der Waals surface area contributed by atoms with Gasteiger partial charge in [-0.3, -0.25) is 10.1 Å². The highest BCUT2D eigenvalue weighted by Gasteiger charge is 2.10. The van der Waals surface area contributed by atoms with Crippen LogP contribution in [-0.2, 0) is 11.8 Å². The quantitative estimate of drug-likeness (QED) is 0.911. The van der Waals surface area contributed by atoms with Gasteiger partial charge in [0.05, 0.1) is 18.5 Å². The lowest BCUT2D eigenvalue weighted by molar-refractivity contribution is -0.115. The van der Waals surface area contributed by atoms with E-state index >= 15 is 0 Å². The van der Waals surface area contributed by atoms with Crippen LogP contribution in [0.3, 0.4) is 0 Å². The number of carbonyl (C=O) groups excluding carboxylic acids is 1. The Morgan fingerprint density at radius 3 is 2.60 bits per heavy atom. The SMILES string of the molecule is CCOc1ccc(-c2cnc(NC(=O)CC)n2C)cc1. The Balaban J connectivity index is 2.22. The van der Waals surface area contributed by atoms with Crippen molar-refractivity contribution in [1.29, 1.82) is 0 Å². The Hall–Kier alpha value is -2.30. The molecule has 1 aromatic heterocycles. The standard InChI is InChI=1S/C15H19N3O2/c1-4-14(19)17-15-16-10-13(18(15)3)11-6-8-12(9-7-11)20-5-2/h6-10H,4-5H2,1-3H3,(H,16,17,19). The lowest BCUT2D eigenvalue weighted by atomic mass is 10.1. The van der Waals surface area contributed by atoms with Crippen LogP contribution >= 0.6 is 0 Å². The van der Waals surface area contributed by atoms with Crippen molar-refractivity contribution < 1.29 is 9.53 Å². The highest BCUT2D eigenvalue weighted by Crippen LogP contribution is 2.24. The third kappa shape index (κ3) is 2.99. The first-order chi connectivity index (χ1) is 9.65. The Labute approximate surface area is 118 Å². The largest absolute Gasteiger partial charge is 0.494 e. The molecule has 1 N–H and O–H groups in total. The van der Waals surface area contributed by atoms with E-state index in [2.05, 4.69) is 10.3 Å². The molecule has 0 spiro atoms. The second-order valence-corrected chi connectivity index (χ2v) is 4.39. The molecule has 20 heavy (non-hydrogen) atoms. The van der Waals surface area contributed by atoms with Crippen molar-refractivity contribution in [2.75, 3.05) is 11.9 Å². The molecular weight excluding hydrogens is 254 g/mol. The molecular formula is C15H19N3O2. The Kier molecular flexibility index (Phi) is 4.40. The minimum absolute atomic E-state index is 0.0445. The van der Waals surface area contributed by atoms with Gasteiger partial charge in [-0.15, -0.1) is 0 Å². The first-order valence-corrected chi connectivity index (χ1v) is 6.70. The van der Waals surface area contributed by atoms with E-state index in [4.69, 9.17) is 4.74 Å². The molecule has 0 fully saturated rings. The van der Waals surface area contributed by atoms with Gasteiger partial charge >= 0.3 is 0 Å². The normalized spacial score (nSPS) is 10.3. The average molecular weight is 273 g/mol. The van der Waals surface area contributed by atoms with E-state index in [-0.39, 0.29) is 5.91 Å². The van der Waals surface area contributed by atoms with Crippen molar-refractivity contribution in [1.82, 2.24) is 9.55 Å². The van der Waals surface area contributed by atoms with Crippen LogP contribution in [0, 0.1) is 0 Å². The molecule has 2 rings (SSSR count). The van der Waals surface area contributed by atoms with Crippen molar-refractivity contribution in [2.24, 2.45) is 7.05 Å². The van der Waals surface area contributed by atoms with Crippen LogP contribution in [0.4, 0.5) is 5.95 Å². The maximum Gasteiger partial charge on any atom is 0.226 e. The number of carbonyl (C=O) groups is 1.